The summed E-state index contributed by atoms with van der Waals surface area (Å²) in [5.74, 6) is 1.34. The third-order valence-electron chi connectivity index (χ3n) is 9.48. The Kier molecular flexibility index (Phi) is 8.02. The van der Waals surface area contributed by atoms with E-state index in [-0.39, 0.29) is 26.5 Å². The van der Waals surface area contributed by atoms with E-state index in [2.05, 4.69) is 176 Å². The number of pyridine rings is 1. The Bertz CT molecular complexity index is 2220. The van der Waals surface area contributed by atoms with E-state index >= 15 is 0 Å². The molecule has 5 aromatic carbocycles. The number of hydrogen-bond donors (Lipinski definition) is 0. The molecule has 0 saturated heterocycles. The number of fused-ring (bicyclic) bond motifs is 4. The van der Waals surface area contributed by atoms with Gasteiger partial charge in [0.15, 0.2) is 0 Å². The molecule has 234 valence electrons. The number of para-hydroxylation sites is 4. The molecule has 8 rings (SSSR count). The predicted octanol–water partition coefficient (Wildman–Crippen LogP) is 10.5. The Morgan fingerprint density at radius 3 is 2.17 bits per heavy atom. The molecule has 0 bridgehead atoms. The maximum Gasteiger partial charge on any atom is 2.00 e. The summed E-state index contributed by atoms with van der Waals surface area (Å²) in [5.41, 5.74) is 9.97. The Morgan fingerprint density at radius 1 is 0.681 bits per heavy atom. The molecule has 0 fully saturated rings. The van der Waals surface area contributed by atoms with Crippen molar-refractivity contribution in [1.29, 1.82) is 0 Å². The first kappa shape index (κ1) is 31.0. The molecular weight excluding hydrogens is 756 g/mol. The third-order valence-corrected chi connectivity index (χ3v) is 9.48. The van der Waals surface area contributed by atoms with Crippen LogP contribution in [0.15, 0.2) is 128 Å². The van der Waals surface area contributed by atoms with Crippen molar-refractivity contribution in [1.82, 2.24) is 9.55 Å². The second kappa shape index (κ2) is 12.2. The van der Waals surface area contributed by atoms with Crippen molar-refractivity contribution < 1.29 is 21.1 Å². The molecule has 0 unspecified atom stereocenters. The SMILES string of the molecule is CC(C)c1ccnc(-n2c3[c-]c(C(C)(C)c4[c-]c(N5CN(c6ccccc6)c6ccccc65)ccc4)ccc3c3ccccc32)c1.[Pt+2]. The first-order valence-electron chi connectivity index (χ1n) is 16.0. The molecule has 0 saturated carbocycles. The van der Waals surface area contributed by atoms with E-state index < -0.39 is 0 Å². The molecule has 7 aromatic rings. The topological polar surface area (TPSA) is 24.3 Å². The fourth-order valence-corrected chi connectivity index (χ4v) is 6.78. The van der Waals surface area contributed by atoms with Gasteiger partial charge in [0.25, 0.3) is 0 Å². The average Bonchev–Trinajstić information content (AvgIpc) is 3.65. The van der Waals surface area contributed by atoms with Gasteiger partial charge in [0, 0.05) is 17.4 Å². The van der Waals surface area contributed by atoms with E-state index in [9.17, 15) is 0 Å². The number of aromatic nitrogens is 2. The summed E-state index contributed by atoms with van der Waals surface area (Å²) in [6.07, 6.45) is 1.93. The Labute approximate surface area is 291 Å². The first-order valence-corrected chi connectivity index (χ1v) is 16.0. The molecule has 4 nitrogen and oxygen atoms in total. The van der Waals surface area contributed by atoms with Gasteiger partial charge in [-0.05, 0) is 64.7 Å². The zero-order valence-corrected chi connectivity index (χ0v) is 29.3. The molecule has 5 heteroatoms. The number of anilines is 4. The van der Waals surface area contributed by atoms with Gasteiger partial charge >= 0.3 is 21.1 Å². The predicted molar refractivity (Wildman–Crippen MR) is 191 cm³/mol. The van der Waals surface area contributed by atoms with Crippen LogP contribution in [0.1, 0.15) is 50.3 Å². The van der Waals surface area contributed by atoms with E-state index in [4.69, 9.17) is 4.98 Å². The van der Waals surface area contributed by atoms with Crippen LogP contribution in [0.4, 0.5) is 22.7 Å². The minimum Gasteiger partial charge on any atom is -0.345 e. The van der Waals surface area contributed by atoms with Crippen molar-refractivity contribution in [3.63, 3.8) is 0 Å². The van der Waals surface area contributed by atoms with Crippen LogP contribution >= 0.6 is 0 Å². The summed E-state index contributed by atoms with van der Waals surface area (Å²) < 4.78 is 2.27. The molecule has 0 radical (unpaired) electrons. The molecular formula is C42H36N4Pt. The van der Waals surface area contributed by atoms with Crippen LogP contribution < -0.4 is 9.80 Å². The fraction of sp³-hybridized carbons (Fsp3) is 0.167. The van der Waals surface area contributed by atoms with E-state index in [1.54, 1.807) is 0 Å². The van der Waals surface area contributed by atoms with Crippen molar-refractivity contribution in [3.05, 3.63) is 156 Å². The summed E-state index contributed by atoms with van der Waals surface area (Å²) in [6.45, 7) is 9.73. The summed E-state index contributed by atoms with van der Waals surface area (Å²) in [7, 11) is 0. The molecule has 2 aromatic heterocycles. The standard InChI is InChI=1S/C42H36N4.Pt/c1-29(2)30-23-24-43-41(25-30)46-37-18-9-8-17-35(37)36-22-21-32(27-40(36)46)42(3,4)31-13-12-16-34(26-31)45-28-44(33-14-6-5-7-15-33)38-19-10-11-20-39(38)45;/h5-25,29H,28H2,1-4H3;/q-2;+2. The molecule has 0 atom stereocenters. The van der Waals surface area contributed by atoms with Gasteiger partial charge in [-0.2, -0.15) is 47.5 Å². The summed E-state index contributed by atoms with van der Waals surface area (Å²) in [6, 6.07) is 50.9. The van der Waals surface area contributed by atoms with E-state index in [1.807, 2.05) is 6.20 Å². The fourth-order valence-electron chi connectivity index (χ4n) is 6.78. The van der Waals surface area contributed by atoms with Gasteiger partial charge in [0.1, 0.15) is 5.82 Å². The van der Waals surface area contributed by atoms with Crippen molar-refractivity contribution in [2.75, 3.05) is 16.5 Å². The largest absolute Gasteiger partial charge is 2.00 e. The van der Waals surface area contributed by atoms with Crippen LogP contribution in [0.3, 0.4) is 0 Å². The minimum absolute atomic E-state index is 0. The zero-order chi connectivity index (χ0) is 31.4. The summed E-state index contributed by atoms with van der Waals surface area (Å²) in [4.78, 5) is 9.57. The van der Waals surface area contributed by atoms with Crippen LogP contribution in [0.25, 0.3) is 27.6 Å². The van der Waals surface area contributed by atoms with Crippen molar-refractivity contribution >= 4 is 44.6 Å². The summed E-state index contributed by atoms with van der Waals surface area (Å²) in [5, 5.41) is 2.39. The van der Waals surface area contributed by atoms with Gasteiger partial charge in [0.2, 0.25) is 0 Å². The van der Waals surface area contributed by atoms with Crippen LogP contribution in [0, 0.1) is 12.1 Å². The van der Waals surface area contributed by atoms with E-state index in [1.165, 1.54) is 33.4 Å². The maximum absolute atomic E-state index is 4.84. The molecule has 0 spiro atoms. The smallest absolute Gasteiger partial charge is 0.345 e. The molecule has 47 heavy (non-hydrogen) atoms. The normalized spacial score (nSPS) is 13.0. The molecule has 3 heterocycles. The van der Waals surface area contributed by atoms with Crippen molar-refractivity contribution in [3.8, 4) is 5.82 Å². The number of nitrogens with zero attached hydrogens (tertiary/aromatic N) is 4. The quantitative estimate of drug-likeness (QED) is 0.157. The zero-order valence-electron chi connectivity index (χ0n) is 27.0. The average molecular weight is 792 g/mol. The maximum atomic E-state index is 4.84. The second-order valence-electron chi connectivity index (χ2n) is 13.0. The van der Waals surface area contributed by atoms with Gasteiger partial charge in [-0.15, -0.1) is 11.5 Å². The number of benzene rings is 5. The van der Waals surface area contributed by atoms with E-state index in [0.29, 0.717) is 5.92 Å². The van der Waals surface area contributed by atoms with Crippen LogP contribution in [0.5, 0.6) is 0 Å². The molecule has 0 aliphatic carbocycles. The Morgan fingerprint density at radius 2 is 1.38 bits per heavy atom. The van der Waals surface area contributed by atoms with E-state index in [0.717, 1.165) is 40.3 Å². The van der Waals surface area contributed by atoms with Crippen molar-refractivity contribution in [2.24, 2.45) is 0 Å². The summed E-state index contributed by atoms with van der Waals surface area (Å²) >= 11 is 0. The minimum atomic E-state index is -0.350. The monoisotopic (exact) mass is 791 g/mol. The van der Waals surface area contributed by atoms with Gasteiger partial charge in [-0.25, -0.2) is 4.98 Å². The van der Waals surface area contributed by atoms with Gasteiger partial charge in [0.05, 0.1) is 18.0 Å². The molecule has 0 N–H and O–H groups in total. The Balaban J connectivity index is 0.00000351. The van der Waals surface area contributed by atoms with Gasteiger partial charge < -0.3 is 14.4 Å². The molecule has 1 aliphatic heterocycles. The van der Waals surface area contributed by atoms with Crippen LogP contribution in [0.2, 0.25) is 0 Å². The van der Waals surface area contributed by atoms with Crippen LogP contribution in [-0.4, -0.2) is 16.2 Å². The van der Waals surface area contributed by atoms with Gasteiger partial charge in [-0.3, -0.25) is 0 Å². The van der Waals surface area contributed by atoms with Gasteiger partial charge in [-0.1, -0.05) is 87.4 Å². The third kappa shape index (κ3) is 5.25. The van der Waals surface area contributed by atoms with Crippen LogP contribution in [-0.2, 0) is 26.5 Å². The second-order valence-corrected chi connectivity index (χ2v) is 13.0. The van der Waals surface area contributed by atoms with Crippen molar-refractivity contribution in [2.45, 2.75) is 39.0 Å². The number of rotatable bonds is 6. The first-order chi connectivity index (χ1) is 22.4. The number of hydrogen-bond acceptors (Lipinski definition) is 3. The molecule has 0 amide bonds. The Hall–Kier alpha value is -4.66. The molecule has 1 aliphatic rings.